The van der Waals surface area contributed by atoms with Gasteiger partial charge in [-0.1, -0.05) is 30.3 Å². The smallest absolute Gasteiger partial charge is 0.305 e. The molecule has 1 aliphatic heterocycles. The van der Waals surface area contributed by atoms with Gasteiger partial charge in [-0.15, -0.1) is 0 Å². The van der Waals surface area contributed by atoms with Crippen molar-refractivity contribution in [3.63, 3.8) is 0 Å². The summed E-state index contributed by atoms with van der Waals surface area (Å²) in [4.78, 5) is 24.1. The molecule has 2 N–H and O–H groups in total. The Kier molecular flexibility index (Phi) is 4.34. The number of hydrogen-bond donors (Lipinski definition) is 2. The molecule has 1 unspecified atom stereocenters. The number of carbonyl (C=O) groups is 2. The maximum atomic E-state index is 13.2. The summed E-state index contributed by atoms with van der Waals surface area (Å²) in [6.07, 6.45) is 1.24. The number of carboxylic acid groups (broad SMARTS) is 1. The first kappa shape index (κ1) is 17.5. The van der Waals surface area contributed by atoms with Crippen molar-refractivity contribution in [2.24, 2.45) is 5.92 Å². The fourth-order valence-corrected chi connectivity index (χ4v) is 4.10. The van der Waals surface area contributed by atoms with Crippen molar-refractivity contribution < 1.29 is 23.8 Å². The van der Waals surface area contributed by atoms with Gasteiger partial charge < -0.3 is 15.2 Å². The Hall–Kier alpha value is -2.89. The van der Waals surface area contributed by atoms with Crippen molar-refractivity contribution in [1.82, 2.24) is 5.32 Å². The molecule has 1 spiro atoms. The van der Waals surface area contributed by atoms with Crippen LogP contribution in [-0.4, -0.2) is 23.6 Å². The summed E-state index contributed by atoms with van der Waals surface area (Å²) in [6, 6.07) is 12.6. The third-order valence-electron chi connectivity index (χ3n) is 5.59. The van der Waals surface area contributed by atoms with Gasteiger partial charge in [0.1, 0.15) is 11.6 Å². The van der Waals surface area contributed by atoms with Crippen molar-refractivity contribution in [2.75, 3.05) is 6.61 Å². The molecule has 5 nitrogen and oxygen atoms in total. The van der Waals surface area contributed by atoms with Crippen LogP contribution in [-0.2, 0) is 15.0 Å². The van der Waals surface area contributed by atoms with Crippen LogP contribution in [0.15, 0.2) is 48.5 Å². The van der Waals surface area contributed by atoms with E-state index in [2.05, 4.69) is 5.32 Å². The second kappa shape index (κ2) is 6.68. The van der Waals surface area contributed by atoms with Gasteiger partial charge in [-0.2, -0.15) is 0 Å². The van der Waals surface area contributed by atoms with Crippen LogP contribution >= 0.6 is 0 Å². The van der Waals surface area contributed by atoms with E-state index in [1.165, 1.54) is 24.3 Å². The van der Waals surface area contributed by atoms with E-state index in [1.807, 2.05) is 24.3 Å². The third-order valence-corrected chi connectivity index (χ3v) is 5.59. The predicted molar refractivity (Wildman–Crippen MR) is 95.9 cm³/mol. The summed E-state index contributed by atoms with van der Waals surface area (Å²) in [5, 5.41) is 12.1. The van der Waals surface area contributed by atoms with Crippen LogP contribution in [0.25, 0.3) is 0 Å². The number of hydrogen-bond acceptors (Lipinski definition) is 3. The van der Waals surface area contributed by atoms with E-state index < -0.39 is 17.8 Å². The Morgan fingerprint density at radius 2 is 1.96 bits per heavy atom. The molecule has 0 radical (unpaired) electrons. The first-order chi connectivity index (χ1) is 13.0. The molecular formula is C21H20FNO4. The summed E-state index contributed by atoms with van der Waals surface area (Å²) in [5.41, 5.74) is 1.40. The van der Waals surface area contributed by atoms with Crippen molar-refractivity contribution in [3.8, 4) is 5.75 Å². The first-order valence-corrected chi connectivity index (χ1v) is 8.99. The van der Waals surface area contributed by atoms with E-state index in [0.717, 1.165) is 24.2 Å². The van der Waals surface area contributed by atoms with Crippen LogP contribution in [0.5, 0.6) is 5.75 Å². The molecular weight excluding hydrogens is 349 g/mol. The minimum Gasteiger partial charge on any atom is -0.493 e. The third kappa shape index (κ3) is 3.27. The minimum absolute atomic E-state index is 0.165. The molecule has 2 aliphatic rings. The summed E-state index contributed by atoms with van der Waals surface area (Å²) < 4.78 is 18.9. The number of halogens is 1. The molecule has 140 valence electrons. The second-order valence-electron chi connectivity index (χ2n) is 7.22. The predicted octanol–water partition coefficient (Wildman–Crippen LogP) is 3.20. The number of carbonyl (C=O) groups excluding carboxylic acids is 1. The minimum atomic E-state index is -1.02. The molecule has 2 aromatic rings. The van der Waals surface area contributed by atoms with Crippen LogP contribution < -0.4 is 10.1 Å². The van der Waals surface area contributed by atoms with Crippen molar-refractivity contribution in [2.45, 2.75) is 30.7 Å². The van der Waals surface area contributed by atoms with Crippen LogP contribution in [0.4, 0.5) is 4.39 Å². The van der Waals surface area contributed by atoms with Crippen LogP contribution in [0.1, 0.15) is 36.4 Å². The highest BCUT2D eigenvalue weighted by molar-refractivity contribution is 5.85. The second-order valence-corrected chi connectivity index (χ2v) is 7.22. The lowest BCUT2D eigenvalue weighted by molar-refractivity contribution is -0.137. The van der Waals surface area contributed by atoms with Gasteiger partial charge in [0.25, 0.3) is 0 Å². The van der Waals surface area contributed by atoms with E-state index in [9.17, 15) is 19.1 Å². The highest BCUT2D eigenvalue weighted by Crippen LogP contribution is 2.60. The summed E-state index contributed by atoms with van der Waals surface area (Å²) in [6.45, 7) is 0.567. The summed E-state index contributed by atoms with van der Waals surface area (Å²) >= 11 is 0. The average Bonchev–Trinajstić information content (AvgIpc) is 3.37. The SMILES string of the molecule is O=C(O)CC(NC(=O)[C@@H]1C[C@]12CCOc1ccccc12)c1ccc(F)cc1. The molecule has 27 heavy (non-hydrogen) atoms. The van der Waals surface area contributed by atoms with Crippen LogP contribution in [0.2, 0.25) is 0 Å². The molecule has 0 bridgehead atoms. The van der Waals surface area contributed by atoms with Gasteiger partial charge in [-0.05, 0) is 36.6 Å². The molecule has 1 fully saturated rings. The average molecular weight is 369 g/mol. The first-order valence-electron chi connectivity index (χ1n) is 8.99. The monoisotopic (exact) mass is 369 g/mol. The van der Waals surface area contributed by atoms with Gasteiger partial charge in [-0.25, -0.2) is 4.39 Å². The highest BCUT2D eigenvalue weighted by atomic mass is 19.1. The normalized spacial score (nSPS) is 23.8. The number of aliphatic carboxylic acids is 1. The maximum absolute atomic E-state index is 13.2. The lowest BCUT2D eigenvalue weighted by Crippen LogP contribution is -2.34. The Morgan fingerprint density at radius 3 is 2.70 bits per heavy atom. The number of benzene rings is 2. The molecule has 4 rings (SSSR count). The number of para-hydroxylation sites is 1. The zero-order chi connectivity index (χ0) is 19.0. The van der Waals surface area contributed by atoms with Crippen molar-refractivity contribution >= 4 is 11.9 Å². The fourth-order valence-electron chi connectivity index (χ4n) is 4.10. The topological polar surface area (TPSA) is 75.6 Å². The number of fused-ring (bicyclic) bond motifs is 2. The van der Waals surface area contributed by atoms with Crippen LogP contribution in [0.3, 0.4) is 0 Å². The van der Waals surface area contributed by atoms with Gasteiger partial charge in [0.15, 0.2) is 0 Å². The van der Waals surface area contributed by atoms with Gasteiger partial charge in [-0.3, -0.25) is 9.59 Å². The zero-order valence-corrected chi connectivity index (χ0v) is 14.7. The quantitative estimate of drug-likeness (QED) is 0.849. The van der Waals surface area contributed by atoms with E-state index in [1.54, 1.807) is 0 Å². The zero-order valence-electron chi connectivity index (χ0n) is 14.7. The number of nitrogens with one attached hydrogen (secondary N) is 1. The lowest BCUT2D eigenvalue weighted by atomic mass is 9.87. The summed E-state index contributed by atoms with van der Waals surface area (Å²) in [7, 11) is 0. The lowest BCUT2D eigenvalue weighted by Gasteiger charge is -2.27. The molecule has 1 aliphatic carbocycles. The molecule has 0 aromatic heterocycles. The maximum Gasteiger partial charge on any atom is 0.305 e. The molecule has 1 saturated carbocycles. The van der Waals surface area contributed by atoms with E-state index in [-0.39, 0.29) is 23.7 Å². The standard InChI is InChI=1S/C21H20FNO4/c22-14-7-5-13(6-8-14)17(11-19(24)25)23-20(26)16-12-21(16)9-10-27-18-4-2-1-3-15(18)21/h1-8,16-17H,9-12H2,(H,23,26)(H,24,25)/t16-,17?,21-/m0/s1. The number of rotatable bonds is 5. The van der Waals surface area contributed by atoms with E-state index in [0.29, 0.717) is 12.2 Å². The highest BCUT2D eigenvalue weighted by Gasteiger charge is 2.61. The fraction of sp³-hybridized carbons (Fsp3) is 0.333. The Labute approximate surface area is 156 Å². The van der Waals surface area contributed by atoms with Gasteiger partial charge in [0.05, 0.1) is 19.1 Å². The van der Waals surface area contributed by atoms with Crippen molar-refractivity contribution in [1.29, 1.82) is 0 Å². The number of carboxylic acids is 1. The van der Waals surface area contributed by atoms with Gasteiger partial charge in [0.2, 0.25) is 5.91 Å². The van der Waals surface area contributed by atoms with Gasteiger partial charge >= 0.3 is 5.97 Å². The van der Waals surface area contributed by atoms with Crippen molar-refractivity contribution in [3.05, 3.63) is 65.5 Å². The van der Waals surface area contributed by atoms with Crippen LogP contribution in [0, 0.1) is 11.7 Å². The largest absolute Gasteiger partial charge is 0.493 e. The summed E-state index contributed by atoms with van der Waals surface area (Å²) in [5.74, 6) is -0.980. The Morgan fingerprint density at radius 1 is 1.22 bits per heavy atom. The van der Waals surface area contributed by atoms with Gasteiger partial charge in [0, 0.05) is 16.9 Å². The molecule has 3 atom stereocenters. The van der Waals surface area contributed by atoms with E-state index in [4.69, 9.17) is 4.74 Å². The molecule has 1 amide bonds. The molecule has 6 heteroatoms. The van der Waals surface area contributed by atoms with E-state index >= 15 is 0 Å². The Balaban J connectivity index is 1.53. The number of ether oxygens (including phenoxy) is 1. The molecule has 0 saturated heterocycles. The number of amides is 1. The molecule has 2 aromatic carbocycles. The molecule has 1 heterocycles. The Bertz CT molecular complexity index is 882.